The van der Waals surface area contributed by atoms with E-state index in [1.54, 1.807) is 24.3 Å². The SMILES string of the molecule is COc1ccccc1C(=O)NNc1ncnc(Nc2ccc(C)c(C)c2)c1N. The zero-order valence-electron chi connectivity index (χ0n) is 15.9. The minimum Gasteiger partial charge on any atom is -0.496 e. The third-order valence-electron chi connectivity index (χ3n) is 4.30. The molecule has 0 aliphatic rings. The van der Waals surface area contributed by atoms with Crippen LogP contribution in [0.15, 0.2) is 48.8 Å². The normalized spacial score (nSPS) is 10.2. The third-order valence-corrected chi connectivity index (χ3v) is 4.30. The van der Waals surface area contributed by atoms with Crippen molar-refractivity contribution in [3.63, 3.8) is 0 Å². The molecule has 0 saturated heterocycles. The lowest BCUT2D eigenvalue weighted by molar-refractivity contribution is 0.0959. The molecule has 0 aliphatic carbocycles. The van der Waals surface area contributed by atoms with Gasteiger partial charge in [-0.15, -0.1) is 0 Å². The van der Waals surface area contributed by atoms with Gasteiger partial charge < -0.3 is 15.8 Å². The molecule has 0 atom stereocenters. The predicted octanol–water partition coefficient (Wildman–Crippen LogP) is 3.18. The monoisotopic (exact) mass is 378 g/mol. The zero-order chi connectivity index (χ0) is 20.1. The molecule has 0 spiro atoms. The van der Waals surface area contributed by atoms with E-state index in [1.807, 2.05) is 32.0 Å². The van der Waals surface area contributed by atoms with Crippen molar-refractivity contribution < 1.29 is 9.53 Å². The highest BCUT2D eigenvalue weighted by Crippen LogP contribution is 2.26. The molecular formula is C20H22N6O2. The number of methoxy groups -OCH3 is 1. The summed E-state index contributed by atoms with van der Waals surface area (Å²) in [7, 11) is 1.51. The van der Waals surface area contributed by atoms with Crippen LogP contribution < -0.4 is 26.6 Å². The highest BCUT2D eigenvalue weighted by atomic mass is 16.5. The average Bonchev–Trinajstić information content (AvgIpc) is 2.71. The van der Waals surface area contributed by atoms with Crippen molar-refractivity contribution >= 4 is 28.9 Å². The zero-order valence-corrected chi connectivity index (χ0v) is 15.9. The van der Waals surface area contributed by atoms with E-state index < -0.39 is 0 Å². The topological polar surface area (TPSA) is 114 Å². The van der Waals surface area contributed by atoms with Crippen LogP contribution in [0.3, 0.4) is 0 Å². The molecule has 3 rings (SSSR count). The van der Waals surface area contributed by atoms with Gasteiger partial charge in [-0.3, -0.25) is 15.6 Å². The van der Waals surface area contributed by atoms with E-state index in [4.69, 9.17) is 10.5 Å². The van der Waals surface area contributed by atoms with Crippen LogP contribution in [0.2, 0.25) is 0 Å². The number of carbonyl (C=O) groups is 1. The molecule has 144 valence electrons. The summed E-state index contributed by atoms with van der Waals surface area (Å²) in [6, 6.07) is 12.9. The molecule has 0 saturated carbocycles. The van der Waals surface area contributed by atoms with E-state index in [9.17, 15) is 4.79 Å². The second-order valence-electron chi connectivity index (χ2n) is 6.19. The molecule has 8 nitrogen and oxygen atoms in total. The van der Waals surface area contributed by atoms with Crippen LogP contribution in [0.5, 0.6) is 5.75 Å². The Hall–Kier alpha value is -3.81. The fourth-order valence-corrected chi connectivity index (χ4v) is 2.57. The Labute approximate surface area is 163 Å². The number of para-hydroxylation sites is 1. The number of hydrogen-bond acceptors (Lipinski definition) is 7. The largest absolute Gasteiger partial charge is 0.496 e. The number of carbonyl (C=O) groups excluding carboxylic acids is 1. The highest BCUT2D eigenvalue weighted by molar-refractivity contribution is 5.97. The number of aryl methyl sites for hydroxylation is 2. The molecule has 0 radical (unpaired) electrons. The van der Waals surface area contributed by atoms with Crippen LogP contribution in [0, 0.1) is 13.8 Å². The minimum atomic E-state index is -0.376. The maximum Gasteiger partial charge on any atom is 0.273 e. The number of nitrogens with one attached hydrogen (secondary N) is 3. The Morgan fingerprint density at radius 2 is 1.79 bits per heavy atom. The molecular weight excluding hydrogens is 356 g/mol. The first-order chi connectivity index (χ1) is 13.5. The van der Waals surface area contributed by atoms with E-state index >= 15 is 0 Å². The molecule has 0 bridgehead atoms. The summed E-state index contributed by atoms with van der Waals surface area (Å²) in [6.45, 7) is 4.08. The summed E-state index contributed by atoms with van der Waals surface area (Å²) < 4.78 is 5.20. The second-order valence-corrected chi connectivity index (χ2v) is 6.19. The number of nitrogens with two attached hydrogens (primary N) is 1. The number of anilines is 4. The van der Waals surface area contributed by atoms with Gasteiger partial charge in [0.2, 0.25) is 0 Å². The number of benzene rings is 2. The first-order valence-corrected chi connectivity index (χ1v) is 8.63. The van der Waals surface area contributed by atoms with Crippen LogP contribution in [0.1, 0.15) is 21.5 Å². The molecule has 3 aromatic rings. The number of ether oxygens (including phenoxy) is 1. The van der Waals surface area contributed by atoms with Crippen LogP contribution in [0.25, 0.3) is 0 Å². The van der Waals surface area contributed by atoms with Crippen LogP contribution in [-0.2, 0) is 0 Å². The number of aromatic nitrogens is 2. The number of nitrogen functional groups attached to an aromatic ring is 1. The number of amides is 1. The van der Waals surface area contributed by atoms with Crippen molar-refractivity contribution in [2.45, 2.75) is 13.8 Å². The van der Waals surface area contributed by atoms with Gasteiger partial charge >= 0.3 is 0 Å². The average molecular weight is 378 g/mol. The lowest BCUT2D eigenvalue weighted by Crippen LogP contribution is -2.30. The summed E-state index contributed by atoms with van der Waals surface area (Å²) in [5.74, 6) is 0.811. The highest BCUT2D eigenvalue weighted by Gasteiger charge is 2.13. The van der Waals surface area contributed by atoms with E-state index in [-0.39, 0.29) is 17.4 Å². The summed E-state index contributed by atoms with van der Waals surface area (Å²) in [6.07, 6.45) is 1.36. The summed E-state index contributed by atoms with van der Waals surface area (Å²) in [4.78, 5) is 20.7. The molecule has 28 heavy (non-hydrogen) atoms. The van der Waals surface area contributed by atoms with Crippen LogP contribution in [0.4, 0.5) is 23.0 Å². The molecule has 8 heteroatoms. The van der Waals surface area contributed by atoms with Crippen molar-refractivity contribution in [1.29, 1.82) is 0 Å². The van der Waals surface area contributed by atoms with Gasteiger partial charge in [0.25, 0.3) is 5.91 Å². The fraction of sp³-hybridized carbons (Fsp3) is 0.150. The maximum absolute atomic E-state index is 12.4. The number of rotatable bonds is 6. The van der Waals surface area contributed by atoms with Gasteiger partial charge in [-0.1, -0.05) is 18.2 Å². The number of hydrogen-bond donors (Lipinski definition) is 4. The number of hydrazine groups is 1. The van der Waals surface area contributed by atoms with Crippen LogP contribution in [-0.4, -0.2) is 23.0 Å². The lowest BCUT2D eigenvalue weighted by atomic mass is 10.1. The van der Waals surface area contributed by atoms with Gasteiger partial charge in [0.15, 0.2) is 11.6 Å². The molecule has 0 fully saturated rings. The second kappa shape index (κ2) is 8.26. The number of nitrogens with zero attached hydrogens (tertiary/aromatic N) is 2. The Bertz CT molecular complexity index is 1010. The van der Waals surface area contributed by atoms with Crippen molar-refractivity contribution in [2.24, 2.45) is 0 Å². The summed E-state index contributed by atoms with van der Waals surface area (Å²) >= 11 is 0. The van der Waals surface area contributed by atoms with Gasteiger partial charge in [0.1, 0.15) is 17.8 Å². The van der Waals surface area contributed by atoms with E-state index in [0.717, 1.165) is 11.3 Å². The maximum atomic E-state index is 12.4. The van der Waals surface area contributed by atoms with E-state index in [0.29, 0.717) is 17.1 Å². The lowest BCUT2D eigenvalue weighted by Gasteiger charge is -2.14. The van der Waals surface area contributed by atoms with Gasteiger partial charge in [0.05, 0.1) is 12.7 Å². The third kappa shape index (κ3) is 4.12. The first kappa shape index (κ1) is 19.0. The summed E-state index contributed by atoms with van der Waals surface area (Å²) in [5, 5.41) is 3.17. The molecule has 0 unspecified atom stereocenters. The molecule has 1 heterocycles. The van der Waals surface area contributed by atoms with E-state index in [2.05, 4.69) is 26.1 Å². The molecule has 1 amide bonds. The predicted molar refractivity (Wildman–Crippen MR) is 110 cm³/mol. The van der Waals surface area contributed by atoms with Gasteiger partial charge in [-0.25, -0.2) is 9.97 Å². The Morgan fingerprint density at radius 3 is 2.54 bits per heavy atom. The molecule has 0 aliphatic heterocycles. The van der Waals surface area contributed by atoms with Crippen molar-refractivity contribution in [1.82, 2.24) is 15.4 Å². The Morgan fingerprint density at radius 1 is 1.04 bits per heavy atom. The van der Waals surface area contributed by atoms with Crippen molar-refractivity contribution in [2.75, 3.05) is 23.6 Å². The standard InChI is InChI=1S/C20H22N6O2/c1-12-8-9-14(10-13(12)2)24-18-17(21)19(23-11-22-18)25-26-20(27)15-6-4-5-7-16(15)28-3/h4-11H,21H2,1-3H3,(H,26,27)(H2,22,23,24,25). The van der Waals surface area contributed by atoms with Crippen LogP contribution >= 0.6 is 0 Å². The van der Waals surface area contributed by atoms with Crippen molar-refractivity contribution in [3.05, 3.63) is 65.5 Å². The molecule has 1 aromatic heterocycles. The van der Waals surface area contributed by atoms with Gasteiger partial charge in [-0.2, -0.15) is 0 Å². The molecule has 2 aromatic carbocycles. The minimum absolute atomic E-state index is 0.279. The molecule has 5 N–H and O–H groups in total. The van der Waals surface area contributed by atoms with Crippen molar-refractivity contribution in [3.8, 4) is 5.75 Å². The van der Waals surface area contributed by atoms with Gasteiger partial charge in [-0.05, 0) is 49.2 Å². The Kier molecular flexibility index (Phi) is 5.59. The first-order valence-electron chi connectivity index (χ1n) is 8.63. The summed E-state index contributed by atoms with van der Waals surface area (Å²) in [5.41, 5.74) is 15.3. The quantitative estimate of drug-likeness (QED) is 0.487. The fourth-order valence-electron chi connectivity index (χ4n) is 2.57. The Balaban J connectivity index is 1.74. The smallest absolute Gasteiger partial charge is 0.273 e. The van der Waals surface area contributed by atoms with E-state index in [1.165, 1.54) is 19.0 Å². The van der Waals surface area contributed by atoms with Gasteiger partial charge in [0, 0.05) is 5.69 Å².